The molecule has 5 amide bonds. The highest BCUT2D eigenvalue weighted by Gasteiger charge is 2.20. The maximum absolute atomic E-state index is 13.1. The molecule has 0 bridgehead atoms. The summed E-state index contributed by atoms with van der Waals surface area (Å²) >= 11 is 0. The van der Waals surface area contributed by atoms with E-state index in [1.807, 2.05) is 0 Å². The van der Waals surface area contributed by atoms with Gasteiger partial charge in [0.1, 0.15) is 17.1 Å². The molecule has 0 saturated carbocycles. The van der Waals surface area contributed by atoms with Gasteiger partial charge in [0.15, 0.2) is 11.6 Å². The van der Waals surface area contributed by atoms with Crippen molar-refractivity contribution in [3.05, 3.63) is 78.2 Å². The van der Waals surface area contributed by atoms with Crippen molar-refractivity contribution in [2.24, 2.45) is 32.6 Å². The molecule has 0 spiro atoms. The van der Waals surface area contributed by atoms with Gasteiger partial charge in [0.05, 0.1) is 28.6 Å². The van der Waals surface area contributed by atoms with Gasteiger partial charge in [0.2, 0.25) is 0 Å². The highest BCUT2D eigenvalue weighted by atomic mass is 16.2. The molecule has 0 atom stereocenters. The van der Waals surface area contributed by atoms with Crippen LogP contribution >= 0.6 is 0 Å². The first-order chi connectivity index (χ1) is 21.7. The molecule has 0 fully saturated rings. The third-order valence-corrected chi connectivity index (χ3v) is 6.49. The van der Waals surface area contributed by atoms with Gasteiger partial charge in [-0.1, -0.05) is 6.58 Å². The number of hydrogen-bond acceptors (Lipinski definition) is 8. The number of nitrogens with zero attached hydrogens (tertiary/aromatic N) is 4. The van der Waals surface area contributed by atoms with Gasteiger partial charge in [-0.05, 0) is 18.2 Å². The smallest absolute Gasteiger partial charge is 0.291 e. The topological polar surface area (TPSA) is 265 Å². The quantitative estimate of drug-likeness (QED) is 0.0607. The number of aromatic nitrogens is 5. The highest BCUT2D eigenvalue weighted by molar-refractivity contribution is 6.08. The van der Waals surface area contributed by atoms with Gasteiger partial charge in [-0.3, -0.25) is 29.4 Å². The number of carbonyl (C=O) groups is 5. The Balaban J connectivity index is 1.37. The Morgan fingerprint density at radius 3 is 1.70 bits per heavy atom. The second-order valence-electron chi connectivity index (χ2n) is 10.2. The van der Waals surface area contributed by atoms with Crippen molar-refractivity contribution in [2.45, 2.75) is 6.42 Å². The Labute approximate surface area is 261 Å². The van der Waals surface area contributed by atoms with E-state index in [-0.39, 0.29) is 53.4 Å². The van der Waals surface area contributed by atoms with E-state index < -0.39 is 23.6 Å². The summed E-state index contributed by atoms with van der Waals surface area (Å²) in [6.45, 7) is 3.53. The molecule has 0 unspecified atom stereocenters. The molecule has 0 aromatic carbocycles. The summed E-state index contributed by atoms with van der Waals surface area (Å²) in [5, 5.41) is 20.4. The molecule has 46 heavy (non-hydrogen) atoms. The Bertz CT molecular complexity index is 1870. The van der Waals surface area contributed by atoms with Gasteiger partial charge in [-0.2, -0.15) is 0 Å². The number of imidazole rings is 1. The Morgan fingerprint density at radius 2 is 1.24 bits per heavy atom. The van der Waals surface area contributed by atoms with Crippen molar-refractivity contribution >= 4 is 58.3 Å². The second-order valence-corrected chi connectivity index (χ2v) is 10.2. The van der Waals surface area contributed by atoms with E-state index in [4.69, 9.17) is 16.9 Å². The number of amidine groups is 1. The predicted octanol–water partition coefficient (Wildman–Crippen LogP) is 0.649. The first-order valence-electron chi connectivity index (χ1n) is 13.6. The molecule has 4 aromatic rings. The number of hydrogen-bond donors (Lipinski definition) is 9. The van der Waals surface area contributed by atoms with Crippen LogP contribution < -0.4 is 38.1 Å². The van der Waals surface area contributed by atoms with Crippen molar-refractivity contribution in [1.82, 2.24) is 29.0 Å². The molecule has 240 valence electrons. The minimum Gasteiger partial charge on any atom is -0.395 e. The number of carbonyl (C=O) groups excluding carboxylic acids is 5. The van der Waals surface area contributed by atoms with Gasteiger partial charge in [-0.15, -0.1) is 0 Å². The molecule has 0 aliphatic heterocycles. The van der Waals surface area contributed by atoms with Crippen LogP contribution in [0, 0.1) is 5.41 Å². The molecule has 11 N–H and O–H groups in total. The van der Waals surface area contributed by atoms with Gasteiger partial charge in [0.25, 0.3) is 29.5 Å². The Morgan fingerprint density at radius 1 is 0.783 bits per heavy atom. The molecular formula is C28H33N13O5. The van der Waals surface area contributed by atoms with Gasteiger partial charge < -0.3 is 56.7 Å². The molecule has 0 aliphatic carbocycles. The lowest BCUT2D eigenvalue weighted by Gasteiger charge is -2.04. The number of H-pyrrole nitrogens is 1. The van der Waals surface area contributed by atoms with E-state index in [9.17, 15) is 24.0 Å². The third-order valence-electron chi connectivity index (χ3n) is 6.49. The Hall–Kier alpha value is -6.59. The average Bonchev–Trinajstić information content (AvgIpc) is 3.75. The average molecular weight is 632 g/mol. The monoisotopic (exact) mass is 631 g/mol. The molecule has 4 rings (SSSR count). The van der Waals surface area contributed by atoms with E-state index >= 15 is 0 Å². The third kappa shape index (κ3) is 7.67. The highest BCUT2D eigenvalue weighted by Crippen LogP contribution is 2.20. The summed E-state index contributed by atoms with van der Waals surface area (Å²) in [6, 6.07) is 4.46. The van der Waals surface area contributed by atoms with Crippen molar-refractivity contribution in [3.63, 3.8) is 0 Å². The van der Waals surface area contributed by atoms with Crippen molar-refractivity contribution in [3.8, 4) is 0 Å². The second kappa shape index (κ2) is 13.4. The van der Waals surface area contributed by atoms with Crippen LogP contribution in [0.3, 0.4) is 0 Å². The molecule has 18 nitrogen and oxygen atoms in total. The van der Waals surface area contributed by atoms with Crippen LogP contribution in [0.25, 0.3) is 0 Å². The molecule has 18 heteroatoms. The molecule has 4 aromatic heterocycles. The zero-order valence-corrected chi connectivity index (χ0v) is 25.1. The van der Waals surface area contributed by atoms with Crippen LogP contribution in [0.5, 0.6) is 0 Å². The zero-order valence-electron chi connectivity index (χ0n) is 25.1. The minimum absolute atomic E-state index is 0.0403. The number of rotatable bonds is 12. The maximum atomic E-state index is 13.1. The SMILES string of the molecule is C=C(N)C(=O)Nc1c[nH]c(C(=O)Nc2cc(C(=O)Nc3cc(C(=O)Nc4cc(C(=O)NCCC(=N)N)n(C)c4)n(C)c3)n(C)c2)n1. The van der Waals surface area contributed by atoms with Crippen molar-refractivity contribution in [2.75, 3.05) is 27.8 Å². The van der Waals surface area contributed by atoms with E-state index in [0.29, 0.717) is 22.8 Å². The van der Waals surface area contributed by atoms with E-state index in [0.717, 1.165) is 0 Å². The van der Waals surface area contributed by atoms with Crippen LogP contribution in [-0.4, -0.2) is 65.6 Å². The fourth-order valence-corrected chi connectivity index (χ4v) is 4.26. The fraction of sp³-hybridized carbons (Fsp3) is 0.179. The fourth-order valence-electron chi connectivity index (χ4n) is 4.26. The first-order valence-corrected chi connectivity index (χ1v) is 13.6. The van der Waals surface area contributed by atoms with Crippen LogP contribution in [0.1, 0.15) is 48.5 Å². The molecule has 0 saturated heterocycles. The number of aromatic amines is 1. The van der Waals surface area contributed by atoms with E-state index in [2.05, 4.69) is 43.1 Å². The summed E-state index contributed by atoms with van der Waals surface area (Å²) in [4.78, 5) is 69.5. The normalized spacial score (nSPS) is 10.6. The van der Waals surface area contributed by atoms with Gasteiger partial charge >= 0.3 is 0 Å². The summed E-state index contributed by atoms with van der Waals surface area (Å²) in [5.41, 5.74) is 12.2. The predicted molar refractivity (Wildman–Crippen MR) is 170 cm³/mol. The van der Waals surface area contributed by atoms with Crippen LogP contribution in [0.2, 0.25) is 0 Å². The largest absolute Gasteiger partial charge is 0.395 e. The lowest BCUT2D eigenvalue weighted by atomic mass is 10.3. The van der Waals surface area contributed by atoms with Gasteiger partial charge in [0, 0.05) is 58.9 Å². The Kier molecular flexibility index (Phi) is 9.40. The minimum atomic E-state index is -0.654. The number of aryl methyl sites for hydroxylation is 3. The van der Waals surface area contributed by atoms with E-state index in [1.54, 1.807) is 38.1 Å². The zero-order chi connectivity index (χ0) is 33.7. The number of nitrogens with one attached hydrogen (secondary N) is 7. The van der Waals surface area contributed by atoms with Crippen LogP contribution in [-0.2, 0) is 25.9 Å². The van der Waals surface area contributed by atoms with Crippen LogP contribution in [0.15, 0.2) is 55.3 Å². The molecule has 4 heterocycles. The summed E-state index contributed by atoms with van der Waals surface area (Å²) in [7, 11) is 4.91. The number of amides is 5. The molecular weight excluding hydrogens is 598 g/mol. The number of anilines is 4. The summed E-state index contributed by atoms with van der Waals surface area (Å²) in [6.07, 6.45) is 6.20. The number of nitrogens with two attached hydrogens (primary N) is 2. The van der Waals surface area contributed by atoms with Gasteiger partial charge in [-0.25, -0.2) is 4.98 Å². The lowest BCUT2D eigenvalue weighted by molar-refractivity contribution is -0.112. The van der Waals surface area contributed by atoms with E-state index in [1.165, 1.54) is 39.7 Å². The van der Waals surface area contributed by atoms with Crippen molar-refractivity contribution < 1.29 is 24.0 Å². The molecule has 0 radical (unpaired) electrons. The summed E-state index contributed by atoms with van der Waals surface area (Å²) in [5.74, 6) is -2.70. The molecule has 0 aliphatic rings. The first kappa shape index (κ1) is 32.3. The lowest BCUT2D eigenvalue weighted by Crippen LogP contribution is -2.28. The van der Waals surface area contributed by atoms with Crippen molar-refractivity contribution in [1.29, 1.82) is 5.41 Å². The maximum Gasteiger partial charge on any atom is 0.291 e. The standard InChI is InChI=1S/C28H33N13O5/c1-14(29)24(42)38-22-10-33-23(37-22)28(46)36-17-9-20(41(4)13-17)27(45)35-16-8-19(40(3)12-16)26(44)34-15-7-18(39(2)11-15)25(43)32-6-5-21(30)31/h7-13H,1,5-6,29H2,2-4H3,(H3,30,31)(H,32,43)(H,33,37)(H,34,44)(H,35,45)(H,36,46)(H,38,42). The van der Waals surface area contributed by atoms with Crippen LogP contribution in [0.4, 0.5) is 22.9 Å². The summed E-state index contributed by atoms with van der Waals surface area (Å²) < 4.78 is 4.59.